The number of piperazine rings is 1. The van der Waals surface area contributed by atoms with Gasteiger partial charge in [-0.15, -0.1) is 0 Å². The number of hydrogen-bond donors (Lipinski definition) is 3. The monoisotopic (exact) mass is 438 g/mol. The Labute approximate surface area is 182 Å². The first-order valence-corrected chi connectivity index (χ1v) is 9.99. The number of carbonyl (C=O) groups excluding carboxylic acids is 1. The number of anilines is 3. The van der Waals surface area contributed by atoms with Crippen LogP contribution in [0.3, 0.4) is 0 Å². The Hall–Kier alpha value is -3.81. The molecule has 1 aliphatic rings. The average molecular weight is 438 g/mol. The molecule has 2 heterocycles. The van der Waals surface area contributed by atoms with E-state index in [2.05, 4.69) is 25.8 Å². The summed E-state index contributed by atoms with van der Waals surface area (Å²) in [6, 6.07) is 12.0. The lowest BCUT2D eigenvalue weighted by molar-refractivity contribution is -0.117. The Bertz CT molecular complexity index is 1130. The van der Waals surface area contributed by atoms with Gasteiger partial charge in [0.25, 0.3) is 0 Å². The second-order valence-corrected chi connectivity index (χ2v) is 7.18. The number of aromatic nitrogens is 1. The number of halogens is 2. The number of nitriles is 1. The molecule has 0 radical (unpaired) electrons. The van der Waals surface area contributed by atoms with Crippen LogP contribution in [0.15, 0.2) is 46.9 Å². The molecule has 0 aliphatic carbocycles. The Morgan fingerprint density at radius 2 is 1.78 bits per heavy atom. The van der Waals surface area contributed by atoms with Crippen LogP contribution in [-0.4, -0.2) is 48.5 Å². The fourth-order valence-corrected chi connectivity index (χ4v) is 3.33. The van der Waals surface area contributed by atoms with Gasteiger partial charge in [0.1, 0.15) is 23.3 Å². The zero-order chi connectivity index (χ0) is 22.5. The van der Waals surface area contributed by atoms with E-state index >= 15 is 0 Å². The molecule has 0 spiro atoms. The average Bonchev–Trinajstić information content (AvgIpc) is 3.18. The number of carbonyl (C=O) groups is 1. The quantitative estimate of drug-likeness (QED) is 0.543. The van der Waals surface area contributed by atoms with Crippen LogP contribution >= 0.6 is 0 Å². The van der Waals surface area contributed by atoms with Gasteiger partial charge in [0.15, 0.2) is 0 Å². The third-order valence-electron chi connectivity index (χ3n) is 4.91. The molecule has 1 aliphatic heterocycles. The highest BCUT2D eigenvalue weighted by Crippen LogP contribution is 2.31. The van der Waals surface area contributed by atoms with Crippen molar-refractivity contribution in [3.63, 3.8) is 0 Å². The number of hydrogen-bond acceptors (Lipinski definition) is 7. The maximum absolute atomic E-state index is 14.0. The van der Waals surface area contributed by atoms with Crippen molar-refractivity contribution in [1.29, 1.82) is 5.26 Å². The summed E-state index contributed by atoms with van der Waals surface area (Å²) >= 11 is 0. The van der Waals surface area contributed by atoms with Gasteiger partial charge in [-0.2, -0.15) is 10.2 Å². The molecule has 8 nitrogen and oxygen atoms in total. The molecule has 0 bridgehead atoms. The lowest BCUT2D eigenvalue weighted by Gasteiger charge is -2.26. The highest BCUT2D eigenvalue weighted by atomic mass is 19.1. The summed E-state index contributed by atoms with van der Waals surface area (Å²) in [7, 11) is 0. The van der Waals surface area contributed by atoms with Crippen LogP contribution < -0.4 is 16.0 Å². The molecule has 0 saturated carbocycles. The van der Waals surface area contributed by atoms with E-state index in [1.54, 1.807) is 24.3 Å². The molecule has 1 fully saturated rings. The molecule has 10 heteroatoms. The maximum Gasteiger partial charge on any atom is 0.238 e. The van der Waals surface area contributed by atoms with Crippen LogP contribution in [0.25, 0.3) is 11.5 Å². The summed E-state index contributed by atoms with van der Waals surface area (Å²) in [5.41, 5.74) is 0.567. The highest BCUT2D eigenvalue weighted by molar-refractivity contribution is 5.92. The van der Waals surface area contributed by atoms with Crippen molar-refractivity contribution in [3.8, 4) is 17.5 Å². The minimum absolute atomic E-state index is 0.0411. The largest absolute Gasteiger partial charge is 0.419 e. The number of benzene rings is 2. The summed E-state index contributed by atoms with van der Waals surface area (Å²) in [4.78, 5) is 18.2. The standard InChI is InChI=1S/C22H20F2N6O2/c23-16-2-1-3-17(24)20(16)22-29-18(12-25)21(32-22)28-15-6-4-14(5-7-15)27-19(31)13-30-10-8-26-9-11-30/h1-7,26,28H,8-11,13H2,(H,27,31). The van der Waals surface area contributed by atoms with Gasteiger partial charge in [0.05, 0.1) is 6.54 Å². The van der Waals surface area contributed by atoms with E-state index in [0.717, 1.165) is 38.3 Å². The van der Waals surface area contributed by atoms with Crippen LogP contribution in [0.5, 0.6) is 0 Å². The first kappa shape index (κ1) is 21.4. The van der Waals surface area contributed by atoms with Gasteiger partial charge < -0.3 is 20.4 Å². The van der Waals surface area contributed by atoms with Crippen molar-refractivity contribution in [3.05, 3.63) is 59.8 Å². The minimum Gasteiger partial charge on any atom is -0.419 e. The zero-order valence-electron chi connectivity index (χ0n) is 17.0. The molecule has 1 saturated heterocycles. The molecule has 4 rings (SSSR count). The fraction of sp³-hybridized carbons (Fsp3) is 0.227. The van der Waals surface area contributed by atoms with E-state index in [0.29, 0.717) is 17.9 Å². The molecule has 2 aromatic carbocycles. The smallest absolute Gasteiger partial charge is 0.238 e. The second kappa shape index (κ2) is 9.55. The van der Waals surface area contributed by atoms with Crippen molar-refractivity contribution in [2.24, 2.45) is 0 Å². The number of nitrogens with zero attached hydrogens (tertiary/aromatic N) is 3. The number of nitrogens with one attached hydrogen (secondary N) is 3. The molecular formula is C22H20F2N6O2. The van der Waals surface area contributed by atoms with Crippen LogP contribution in [0.4, 0.5) is 26.0 Å². The van der Waals surface area contributed by atoms with Crippen molar-refractivity contribution in [2.75, 3.05) is 43.4 Å². The van der Waals surface area contributed by atoms with E-state index in [4.69, 9.17) is 4.42 Å². The van der Waals surface area contributed by atoms with E-state index in [1.807, 2.05) is 6.07 Å². The summed E-state index contributed by atoms with van der Waals surface area (Å²) in [5, 5.41) is 18.3. The number of oxazole rings is 1. The molecule has 3 N–H and O–H groups in total. The van der Waals surface area contributed by atoms with E-state index < -0.39 is 17.2 Å². The first-order valence-electron chi connectivity index (χ1n) is 9.99. The minimum atomic E-state index is -0.844. The molecule has 1 amide bonds. The third kappa shape index (κ3) is 4.91. The lowest BCUT2D eigenvalue weighted by Crippen LogP contribution is -2.46. The molecule has 1 aromatic heterocycles. The van der Waals surface area contributed by atoms with Crippen molar-refractivity contribution in [1.82, 2.24) is 15.2 Å². The first-order chi connectivity index (χ1) is 15.5. The van der Waals surface area contributed by atoms with Gasteiger partial charge in [-0.1, -0.05) is 6.07 Å². The summed E-state index contributed by atoms with van der Waals surface area (Å²) in [6.07, 6.45) is 0. The summed E-state index contributed by atoms with van der Waals surface area (Å²) in [6.45, 7) is 3.71. The maximum atomic E-state index is 14.0. The van der Waals surface area contributed by atoms with Gasteiger partial charge in [-0.05, 0) is 36.4 Å². The van der Waals surface area contributed by atoms with Crippen molar-refractivity contribution in [2.45, 2.75) is 0 Å². The predicted octanol–water partition coefficient (Wildman–Crippen LogP) is 3.08. The zero-order valence-corrected chi connectivity index (χ0v) is 17.0. The highest BCUT2D eigenvalue weighted by Gasteiger charge is 2.21. The second-order valence-electron chi connectivity index (χ2n) is 7.18. The Kier molecular flexibility index (Phi) is 6.39. The van der Waals surface area contributed by atoms with Gasteiger partial charge >= 0.3 is 0 Å². The van der Waals surface area contributed by atoms with E-state index in [9.17, 15) is 18.8 Å². The molecule has 32 heavy (non-hydrogen) atoms. The van der Waals surface area contributed by atoms with Crippen LogP contribution in [0.2, 0.25) is 0 Å². The topological polar surface area (TPSA) is 106 Å². The van der Waals surface area contributed by atoms with Crippen LogP contribution in [-0.2, 0) is 4.79 Å². The fourth-order valence-electron chi connectivity index (χ4n) is 3.33. The third-order valence-corrected chi connectivity index (χ3v) is 4.91. The van der Waals surface area contributed by atoms with Crippen LogP contribution in [0, 0.1) is 23.0 Å². The normalized spacial score (nSPS) is 14.0. The van der Waals surface area contributed by atoms with Gasteiger partial charge in [-0.25, -0.2) is 8.78 Å². The Morgan fingerprint density at radius 3 is 2.44 bits per heavy atom. The van der Waals surface area contributed by atoms with E-state index in [-0.39, 0.29) is 23.4 Å². The van der Waals surface area contributed by atoms with Crippen LogP contribution in [0.1, 0.15) is 5.69 Å². The number of rotatable bonds is 6. The molecule has 164 valence electrons. The molecule has 3 aromatic rings. The van der Waals surface area contributed by atoms with Gasteiger partial charge in [0, 0.05) is 37.6 Å². The molecular weight excluding hydrogens is 418 g/mol. The van der Waals surface area contributed by atoms with Crippen molar-refractivity contribution < 1.29 is 18.0 Å². The summed E-state index contributed by atoms with van der Waals surface area (Å²) < 4.78 is 33.5. The summed E-state index contributed by atoms with van der Waals surface area (Å²) in [5.74, 6) is -2.17. The lowest BCUT2D eigenvalue weighted by atomic mass is 10.2. The predicted molar refractivity (Wildman–Crippen MR) is 114 cm³/mol. The molecule has 0 unspecified atom stereocenters. The number of amides is 1. The van der Waals surface area contributed by atoms with Gasteiger partial charge in [-0.3, -0.25) is 9.69 Å². The van der Waals surface area contributed by atoms with Gasteiger partial charge in [0.2, 0.25) is 23.4 Å². The Morgan fingerprint density at radius 1 is 1.12 bits per heavy atom. The SMILES string of the molecule is N#Cc1nc(-c2c(F)cccc2F)oc1Nc1ccc(NC(=O)CN2CCNCC2)cc1. The van der Waals surface area contributed by atoms with E-state index in [1.165, 1.54) is 6.07 Å². The van der Waals surface area contributed by atoms with Crippen molar-refractivity contribution >= 4 is 23.2 Å². The molecule has 0 atom stereocenters. The Balaban J connectivity index is 1.44.